The van der Waals surface area contributed by atoms with E-state index in [4.69, 9.17) is 9.47 Å². The lowest BCUT2D eigenvalue weighted by Crippen LogP contribution is -2.17. The van der Waals surface area contributed by atoms with Gasteiger partial charge in [-0.3, -0.25) is 0 Å². The molecule has 0 saturated carbocycles. The van der Waals surface area contributed by atoms with E-state index in [9.17, 15) is 10.1 Å². The Morgan fingerprint density at radius 1 is 1.64 bits per heavy atom. The topological polar surface area (TPSA) is 79.4 Å². The summed E-state index contributed by atoms with van der Waals surface area (Å²) < 4.78 is 11.7. The Kier molecular flexibility index (Phi) is 2.42. The second-order valence-electron chi connectivity index (χ2n) is 2.81. The van der Waals surface area contributed by atoms with Crippen molar-refractivity contribution in [2.24, 2.45) is 0 Å². The van der Waals surface area contributed by atoms with Gasteiger partial charge >= 0.3 is 5.95 Å². The highest BCUT2D eigenvalue weighted by molar-refractivity contribution is 5.06. The zero-order chi connectivity index (χ0) is 9.97. The van der Waals surface area contributed by atoms with E-state index in [1.165, 1.54) is 17.0 Å². The number of hydrogen-bond acceptors (Lipinski definition) is 5. The highest BCUT2D eigenvalue weighted by Crippen LogP contribution is 2.12. The van der Waals surface area contributed by atoms with Crippen molar-refractivity contribution in [2.45, 2.75) is 12.8 Å². The van der Waals surface area contributed by atoms with Crippen molar-refractivity contribution in [3.8, 4) is 0 Å². The molecule has 1 aromatic heterocycles. The molecule has 0 unspecified atom stereocenters. The minimum atomic E-state index is -0.533. The minimum absolute atomic E-state index is 0.191. The Labute approximate surface area is 79.4 Å². The van der Waals surface area contributed by atoms with Crippen LogP contribution in [0.2, 0.25) is 0 Å². The number of nitrogens with zero attached hydrogens (tertiary/aromatic N) is 3. The van der Waals surface area contributed by atoms with Crippen LogP contribution in [0.25, 0.3) is 0 Å². The van der Waals surface area contributed by atoms with Crippen LogP contribution in [-0.4, -0.2) is 34.0 Å². The second kappa shape index (κ2) is 3.72. The largest absolute Gasteiger partial charge is 0.434 e. The number of rotatable bonds is 3. The van der Waals surface area contributed by atoms with Crippen LogP contribution in [0.4, 0.5) is 5.95 Å². The lowest BCUT2D eigenvalue weighted by Gasteiger charge is -2.07. The third-order valence-corrected chi connectivity index (χ3v) is 1.89. The monoisotopic (exact) mass is 199 g/mol. The Bertz CT molecular complexity index is 331. The third-order valence-electron chi connectivity index (χ3n) is 1.89. The molecule has 0 atom stereocenters. The van der Waals surface area contributed by atoms with E-state index < -0.39 is 11.2 Å². The van der Waals surface area contributed by atoms with Crippen molar-refractivity contribution >= 4 is 5.95 Å². The number of aromatic nitrogens is 2. The molecule has 7 heteroatoms. The van der Waals surface area contributed by atoms with Crippen molar-refractivity contribution in [3.05, 3.63) is 22.5 Å². The summed E-state index contributed by atoms with van der Waals surface area (Å²) in [7, 11) is 0. The molecular weight excluding hydrogens is 190 g/mol. The summed E-state index contributed by atoms with van der Waals surface area (Å²) in [6.45, 7) is 1.37. The van der Waals surface area contributed by atoms with Crippen LogP contribution in [0.3, 0.4) is 0 Å². The first-order valence-corrected chi connectivity index (χ1v) is 4.16. The summed E-state index contributed by atoms with van der Waals surface area (Å²) in [5, 5.41) is 10.5. The molecule has 7 nitrogen and oxygen atoms in total. The molecule has 1 aliphatic rings. The summed E-state index contributed by atoms with van der Waals surface area (Å²) >= 11 is 0. The molecule has 1 aromatic rings. The van der Waals surface area contributed by atoms with Gasteiger partial charge < -0.3 is 19.6 Å². The number of nitro groups is 1. The molecule has 0 spiro atoms. The maximum Gasteiger partial charge on any atom is 0.434 e. The summed E-state index contributed by atoms with van der Waals surface area (Å²) in [6, 6.07) is 0. The van der Waals surface area contributed by atoms with Crippen LogP contribution in [0, 0.1) is 10.1 Å². The van der Waals surface area contributed by atoms with Gasteiger partial charge in [0.05, 0.1) is 13.2 Å². The fourth-order valence-electron chi connectivity index (χ4n) is 1.29. The summed E-state index contributed by atoms with van der Waals surface area (Å²) in [4.78, 5) is 13.6. The Morgan fingerprint density at radius 3 is 3.00 bits per heavy atom. The predicted molar refractivity (Wildman–Crippen MR) is 44.6 cm³/mol. The van der Waals surface area contributed by atoms with E-state index in [0.717, 1.165) is 0 Å². The van der Waals surface area contributed by atoms with Crippen LogP contribution in [0.15, 0.2) is 12.4 Å². The van der Waals surface area contributed by atoms with Crippen molar-refractivity contribution in [1.82, 2.24) is 9.55 Å². The predicted octanol–water partition coefficient (Wildman–Crippen LogP) is 0.164. The highest BCUT2D eigenvalue weighted by Gasteiger charge is 2.22. The second-order valence-corrected chi connectivity index (χ2v) is 2.81. The van der Waals surface area contributed by atoms with Gasteiger partial charge in [-0.15, -0.1) is 0 Å². The summed E-state index contributed by atoms with van der Waals surface area (Å²) in [5.74, 6) is -0.191. The maximum absolute atomic E-state index is 10.5. The van der Waals surface area contributed by atoms with Crippen molar-refractivity contribution in [2.75, 3.05) is 13.2 Å². The van der Waals surface area contributed by atoms with E-state index in [-0.39, 0.29) is 5.95 Å². The average molecular weight is 199 g/mol. The smallest absolute Gasteiger partial charge is 0.390 e. The van der Waals surface area contributed by atoms with Gasteiger partial charge in [0.25, 0.3) is 0 Å². The molecule has 14 heavy (non-hydrogen) atoms. The molecule has 0 N–H and O–H groups in total. The normalized spacial score (nSPS) is 17.4. The fraction of sp³-hybridized carbons (Fsp3) is 0.571. The van der Waals surface area contributed by atoms with Gasteiger partial charge in [-0.2, -0.15) is 0 Å². The Morgan fingerprint density at radius 2 is 2.36 bits per heavy atom. The summed E-state index contributed by atoms with van der Waals surface area (Å²) in [5.41, 5.74) is 0. The zero-order valence-corrected chi connectivity index (χ0v) is 7.33. The van der Waals surface area contributed by atoms with Crippen molar-refractivity contribution in [3.63, 3.8) is 0 Å². The van der Waals surface area contributed by atoms with E-state index in [1.807, 2.05) is 0 Å². The number of imidazole rings is 1. The number of hydrogen-bond donors (Lipinski definition) is 0. The first-order chi connectivity index (χ1) is 6.77. The molecule has 76 valence electrons. The first kappa shape index (κ1) is 9.10. The molecule has 2 heterocycles. The molecule has 0 bridgehead atoms. The Hall–Kier alpha value is -1.47. The van der Waals surface area contributed by atoms with Gasteiger partial charge in [0.1, 0.15) is 18.9 Å². The van der Waals surface area contributed by atoms with Gasteiger partial charge in [-0.25, -0.2) is 4.57 Å². The lowest BCUT2D eigenvalue weighted by atomic mass is 10.6. The third kappa shape index (κ3) is 1.73. The van der Waals surface area contributed by atoms with Crippen molar-refractivity contribution in [1.29, 1.82) is 0 Å². The first-order valence-electron chi connectivity index (χ1n) is 4.16. The summed E-state index contributed by atoms with van der Waals surface area (Å²) in [6.07, 6.45) is 2.51. The molecule has 1 aliphatic heterocycles. The van der Waals surface area contributed by atoms with E-state index in [2.05, 4.69) is 4.98 Å². The van der Waals surface area contributed by atoms with Crippen LogP contribution < -0.4 is 0 Å². The SMILES string of the molecule is O=[N+]([O-])c1nccn1CC1OCCO1. The molecule has 0 aromatic carbocycles. The molecule has 1 fully saturated rings. The molecule has 0 amide bonds. The van der Waals surface area contributed by atoms with Crippen molar-refractivity contribution < 1.29 is 14.4 Å². The number of ether oxygens (including phenoxy) is 2. The molecule has 0 aliphatic carbocycles. The quantitative estimate of drug-likeness (QED) is 0.512. The van der Waals surface area contributed by atoms with E-state index in [0.29, 0.717) is 19.8 Å². The van der Waals surface area contributed by atoms with Crippen LogP contribution in [0.5, 0.6) is 0 Å². The molecular formula is C7H9N3O4. The van der Waals surface area contributed by atoms with E-state index in [1.54, 1.807) is 0 Å². The van der Waals surface area contributed by atoms with Crippen LogP contribution >= 0.6 is 0 Å². The minimum Gasteiger partial charge on any atom is -0.390 e. The highest BCUT2D eigenvalue weighted by atomic mass is 16.7. The average Bonchev–Trinajstić information content (AvgIpc) is 2.75. The maximum atomic E-state index is 10.5. The molecule has 2 rings (SSSR count). The molecule has 1 saturated heterocycles. The van der Waals surface area contributed by atoms with E-state index >= 15 is 0 Å². The Balaban J connectivity index is 2.07. The zero-order valence-electron chi connectivity index (χ0n) is 7.33. The molecule has 0 radical (unpaired) electrons. The lowest BCUT2D eigenvalue weighted by molar-refractivity contribution is -0.397. The van der Waals surface area contributed by atoms with Gasteiger partial charge in [-0.1, -0.05) is 4.98 Å². The standard InChI is InChI=1S/C7H9N3O4/c11-10(12)7-8-1-2-9(7)5-6-13-3-4-14-6/h1-2,6H,3-5H2. The van der Waals surface area contributed by atoms with Gasteiger partial charge in [0.2, 0.25) is 0 Å². The van der Waals surface area contributed by atoms with Gasteiger partial charge in [0.15, 0.2) is 6.29 Å². The van der Waals surface area contributed by atoms with Crippen LogP contribution in [0.1, 0.15) is 0 Å². The van der Waals surface area contributed by atoms with Gasteiger partial charge in [-0.05, 0) is 4.92 Å². The van der Waals surface area contributed by atoms with Gasteiger partial charge in [0, 0.05) is 0 Å². The fourth-order valence-corrected chi connectivity index (χ4v) is 1.29. The van der Waals surface area contributed by atoms with Crippen LogP contribution in [-0.2, 0) is 16.0 Å².